The molecule has 2 fully saturated rings. The van der Waals surface area contributed by atoms with Crippen LogP contribution in [-0.2, 0) is 9.59 Å². The summed E-state index contributed by atoms with van der Waals surface area (Å²) in [4.78, 5) is 50.3. The van der Waals surface area contributed by atoms with Gasteiger partial charge in [-0.15, -0.1) is 0 Å². The summed E-state index contributed by atoms with van der Waals surface area (Å²) in [5, 5.41) is 19.0. The largest absolute Gasteiger partial charge is 0.388 e. The molecule has 0 bridgehead atoms. The van der Waals surface area contributed by atoms with Gasteiger partial charge in [0.1, 0.15) is 11.9 Å². The summed E-state index contributed by atoms with van der Waals surface area (Å²) in [5.41, 5.74) is -1.40. The highest BCUT2D eigenvalue weighted by Crippen LogP contribution is 2.34. The molecule has 0 aliphatic carbocycles. The van der Waals surface area contributed by atoms with Gasteiger partial charge in [0.05, 0.1) is 22.4 Å². The molecule has 30 heavy (non-hydrogen) atoms. The van der Waals surface area contributed by atoms with Crippen molar-refractivity contribution >= 4 is 29.3 Å². The molecule has 4 amide bonds. The van der Waals surface area contributed by atoms with Crippen LogP contribution in [0.3, 0.4) is 0 Å². The fourth-order valence-corrected chi connectivity index (χ4v) is 4.25. The maximum Gasteiger partial charge on any atom is 0.264 e. The molecule has 0 radical (unpaired) electrons. The van der Waals surface area contributed by atoms with Crippen molar-refractivity contribution in [3.8, 4) is 0 Å². The van der Waals surface area contributed by atoms with Crippen LogP contribution in [0.25, 0.3) is 0 Å². The van der Waals surface area contributed by atoms with E-state index in [-0.39, 0.29) is 36.2 Å². The SMILES string of the molecule is O=C1CCC(N2C(=O)c3ccc(F)c(NCC4(O)CCCNCC4)c3C2=O)C(=O)N1. The van der Waals surface area contributed by atoms with E-state index < -0.39 is 41.1 Å². The summed E-state index contributed by atoms with van der Waals surface area (Å²) in [7, 11) is 0. The number of imide groups is 2. The van der Waals surface area contributed by atoms with Gasteiger partial charge in [0, 0.05) is 13.0 Å². The van der Waals surface area contributed by atoms with Crippen molar-refractivity contribution in [1.29, 1.82) is 0 Å². The first-order chi connectivity index (χ1) is 14.3. The topological polar surface area (TPSA) is 128 Å². The molecule has 3 aliphatic heterocycles. The third-order valence-electron chi connectivity index (χ3n) is 5.92. The Kier molecular flexibility index (Phi) is 5.29. The molecule has 0 saturated carbocycles. The van der Waals surface area contributed by atoms with E-state index in [1.165, 1.54) is 6.07 Å². The van der Waals surface area contributed by atoms with Crippen LogP contribution in [0.2, 0.25) is 0 Å². The zero-order chi connectivity index (χ0) is 21.5. The van der Waals surface area contributed by atoms with Gasteiger partial charge in [-0.25, -0.2) is 4.39 Å². The lowest BCUT2D eigenvalue weighted by Gasteiger charge is -2.28. The van der Waals surface area contributed by atoms with Gasteiger partial charge in [-0.3, -0.25) is 29.4 Å². The molecular weight excluding hydrogens is 395 g/mol. The molecule has 10 heteroatoms. The van der Waals surface area contributed by atoms with E-state index in [9.17, 15) is 28.7 Å². The van der Waals surface area contributed by atoms with Crippen molar-refractivity contribution < 1.29 is 28.7 Å². The molecule has 160 valence electrons. The first-order valence-corrected chi connectivity index (χ1v) is 10.0. The minimum absolute atomic E-state index is 0.00431. The highest BCUT2D eigenvalue weighted by molar-refractivity contribution is 6.25. The Hall–Kier alpha value is -2.85. The van der Waals surface area contributed by atoms with E-state index in [1.54, 1.807) is 0 Å². The molecule has 3 aliphatic rings. The second kappa shape index (κ2) is 7.77. The van der Waals surface area contributed by atoms with Gasteiger partial charge in [-0.05, 0) is 50.9 Å². The molecular formula is C20H23FN4O5. The van der Waals surface area contributed by atoms with Crippen LogP contribution in [-0.4, -0.2) is 64.9 Å². The number of rotatable bonds is 4. The molecule has 2 unspecified atom stereocenters. The van der Waals surface area contributed by atoms with Crippen LogP contribution >= 0.6 is 0 Å². The summed E-state index contributed by atoms with van der Waals surface area (Å²) in [6.07, 6.45) is 1.76. The molecule has 4 N–H and O–H groups in total. The molecule has 1 aromatic carbocycles. The minimum atomic E-state index is -1.12. The Bertz CT molecular complexity index is 926. The number of amides is 4. The van der Waals surface area contributed by atoms with Crippen molar-refractivity contribution in [2.45, 2.75) is 43.7 Å². The Morgan fingerprint density at radius 1 is 1.17 bits per heavy atom. The van der Waals surface area contributed by atoms with E-state index in [2.05, 4.69) is 16.0 Å². The smallest absolute Gasteiger partial charge is 0.264 e. The summed E-state index contributed by atoms with van der Waals surface area (Å²) < 4.78 is 14.6. The van der Waals surface area contributed by atoms with Crippen molar-refractivity contribution in [3.63, 3.8) is 0 Å². The first kappa shape index (κ1) is 20.4. The Balaban J connectivity index is 1.61. The van der Waals surface area contributed by atoms with Gasteiger partial charge in [-0.2, -0.15) is 0 Å². The first-order valence-electron chi connectivity index (χ1n) is 10.0. The van der Waals surface area contributed by atoms with Crippen molar-refractivity contribution in [3.05, 3.63) is 29.1 Å². The van der Waals surface area contributed by atoms with Crippen molar-refractivity contribution in [1.82, 2.24) is 15.5 Å². The summed E-state index contributed by atoms with van der Waals surface area (Å²) in [6, 6.07) is 1.17. The minimum Gasteiger partial charge on any atom is -0.388 e. The predicted molar refractivity (Wildman–Crippen MR) is 103 cm³/mol. The number of piperidine rings is 1. The fourth-order valence-electron chi connectivity index (χ4n) is 4.25. The van der Waals surface area contributed by atoms with Gasteiger partial charge in [0.2, 0.25) is 11.8 Å². The molecule has 3 heterocycles. The second-order valence-corrected chi connectivity index (χ2v) is 7.97. The third-order valence-corrected chi connectivity index (χ3v) is 5.92. The molecule has 0 spiro atoms. The van der Waals surface area contributed by atoms with Gasteiger partial charge >= 0.3 is 0 Å². The van der Waals surface area contributed by atoms with Crippen LogP contribution < -0.4 is 16.0 Å². The molecule has 2 atom stereocenters. The number of hydrogen-bond donors (Lipinski definition) is 4. The van der Waals surface area contributed by atoms with Crippen LogP contribution in [0.4, 0.5) is 10.1 Å². The molecule has 1 aromatic rings. The number of halogens is 1. The van der Waals surface area contributed by atoms with Gasteiger partial charge in [0.15, 0.2) is 0 Å². The number of nitrogens with zero attached hydrogens (tertiary/aromatic N) is 1. The monoisotopic (exact) mass is 418 g/mol. The number of carbonyl (C=O) groups excluding carboxylic acids is 4. The standard InChI is InChI=1S/C20H23FN4O5/c21-12-3-2-11-15(16(12)23-10-20(30)6-1-8-22-9-7-20)19(29)25(18(11)28)13-4-5-14(26)24-17(13)27/h2-3,13,22-23,30H,1,4-10H2,(H,24,26,27). The van der Waals surface area contributed by atoms with E-state index in [4.69, 9.17) is 0 Å². The van der Waals surface area contributed by atoms with E-state index in [0.29, 0.717) is 19.4 Å². The molecule has 2 saturated heterocycles. The lowest BCUT2D eigenvalue weighted by molar-refractivity contribution is -0.136. The van der Waals surface area contributed by atoms with Crippen molar-refractivity contribution in [2.24, 2.45) is 0 Å². The zero-order valence-electron chi connectivity index (χ0n) is 16.3. The number of fused-ring (bicyclic) bond motifs is 1. The number of carbonyl (C=O) groups is 4. The number of aliphatic hydroxyl groups is 1. The summed E-state index contributed by atoms with van der Waals surface area (Å²) in [5.74, 6) is -3.41. The average Bonchev–Trinajstić information content (AvgIpc) is 2.84. The van der Waals surface area contributed by atoms with Crippen LogP contribution in [0.1, 0.15) is 52.8 Å². The highest BCUT2D eigenvalue weighted by atomic mass is 19.1. The maximum absolute atomic E-state index is 14.6. The van der Waals surface area contributed by atoms with Gasteiger partial charge < -0.3 is 15.7 Å². The number of anilines is 1. The maximum atomic E-state index is 14.6. The number of benzene rings is 1. The Labute approximate surface area is 172 Å². The third kappa shape index (κ3) is 3.56. The Morgan fingerprint density at radius 2 is 1.97 bits per heavy atom. The summed E-state index contributed by atoms with van der Waals surface area (Å²) >= 11 is 0. The average molecular weight is 418 g/mol. The zero-order valence-corrected chi connectivity index (χ0v) is 16.3. The Morgan fingerprint density at radius 3 is 2.73 bits per heavy atom. The van der Waals surface area contributed by atoms with Gasteiger partial charge in [0.25, 0.3) is 11.8 Å². The van der Waals surface area contributed by atoms with E-state index in [1.807, 2.05) is 0 Å². The van der Waals surface area contributed by atoms with Crippen LogP contribution in [0, 0.1) is 5.82 Å². The lowest BCUT2D eigenvalue weighted by atomic mass is 9.94. The highest BCUT2D eigenvalue weighted by Gasteiger charge is 2.46. The number of hydrogen-bond acceptors (Lipinski definition) is 7. The molecule has 9 nitrogen and oxygen atoms in total. The van der Waals surface area contributed by atoms with E-state index in [0.717, 1.165) is 23.9 Å². The molecule has 0 aromatic heterocycles. The number of nitrogens with one attached hydrogen (secondary N) is 3. The van der Waals surface area contributed by atoms with Gasteiger partial charge in [-0.1, -0.05) is 0 Å². The fraction of sp³-hybridized carbons (Fsp3) is 0.500. The van der Waals surface area contributed by atoms with E-state index >= 15 is 0 Å². The van der Waals surface area contributed by atoms with Crippen LogP contribution in [0.15, 0.2) is 12.1 Å². The second-order valence-electron chi connectivity index (χ2n) is 7.97. The molecule has 4 rings (SSSR count). The lowest BCUT2D eigenvalue weighted by Crippen LogP contribution is -2.54. The predicted octanol–water partition coefficient (Wildman–Crippen LogP) is 0.143. The van der Waals surface area contributed by atoms with Crippen LogP contribution in [0.5, 0.6) is 0 Å². The quantitative estimate of drug-likeness (QED) is 0.512. The normalized spacial score (nSPS) is 27.0. The van der Waals surface area contributed by atoms with Crippen molar-refractivity contribution in [2.75, 3.05) is 25.0 Å². The summed E-state index contributed by atoms with van der Waals surface area (Å²) in [6.45, 7) is 1.42.